The molecule has 3 aliphatic rings. The van der Waals surface area contributed by atoms with Crippen LogP contribution in [0.15, 0.2) is 0 Å². The summed E-state index contributed by atoms with van der Waals surface area (Å²) < 4.78 is 0. The fourth-order valence-corrected chi connectivity index (χ4v) is 3.17. The Balaban J connectivity index is 2.12. The Morgan fingerprint density at radius 3 is 2.54 bits per heavy atom. The highest BCUT2D eigenvalue weighted by atomic mass is 15.1. The van der Waals surface area contributed by atoms with E-state index in [4.69, 9.17) is 0 Å². The predicted octanol–water partition coefficient (Wildman–Crippen LogP) is 2.76. The van der Waals surface area contributed by atoms with Gasteiger partial charge in [0.25, 0.3) is 0 Å². The molecule has 0 N–H and O–H groups in total. The van der Waals surface area contributed by atoms with Gasteiger partial charge in [-0.15, -0.1) is 0 Å². The molecule has 0 aromatic heterocycles. The minimum Gasteiger partial charge on any atom is -0.303 e. The Bertz CT molecular complexity index is 176. The summed E-state index contributed by atoms with van der Waals surface area (Å²) in [6.45, 7) is 11.4. The number of nitrogens with zero attached hydrogens (tertiary/aromatic N) is 1. The standard InChI is InChI=1S/C12H23N/c1-12(2,3)11-9-13-7-4-5-10(11)6-8-13/h10-11H,4-9H2,1-3H3. The van der Waals surface area contributed by atoms with Gasteiger partial charge in [0, 0.05) is 6.54 Å². The zero-order chi connectivity index (χ0) is 9.47. The predicted molar refractivity (Wildman–Crippen MR) is 56.7 cm³/mol. The molecular formula is C12H23N. The van der Waals surface area contributed by atoms with Crippen molar-refractivity contribution in [3.05, 3.63) is 0 Å². The van der Waals surface area contributed by atoms with E-state index in [1.165, 1.54) is 38.9 Å². The molecule has 3 aliphatic heterocycles. The lowest BCUT2D eigenvalue weighted by molar-refractivity contribution is 0.0683. The second-order valence-electron chi connectivity index (χ2n) is 5.96. The van der Waals surface area contributed by atoms with Gasteiger partial charge in [-0.3, -0.25) is 0 Å². The first-order chi connectivity index (χ1) is 6.07. The molecule has 1 nitrogen and oxygen atoms in total. The molecule has 1 heteroatoms. The normalized spacial score (nSPS) is 40.4. The van der Waals surface area contributed by atoms with Crippen LogP contribution in [0.4, 0.5) is 0 Å². The fourth-order valence-electron chi connectivity index (χ4n) is 3.17. The Kier molecular flexibility index (Phi) is 2.39. The van der Waals surface area contributed by atoms with Crippen LogP contribution in [-0.2, 0) is 0 Å². The third kappa shape index (κ3) is 1.90. The molecule has 76 valence electrons. The van der Waals surface area contributed by atoms with E-state index in [2.05, 4.69) is 25.7 Å². The van der Waals surface area contributed by atoms with Crippen molar-refractivity contribution in [3.8, 4) is 0 Å². The van der Waals surface area contributed by atoms with E-state index < -0.39 is 0 Å². The highest BCUT2D eigenvalue weighted by Gasteiger charge is 2.38. The van der Waals surface area contributed by atoms with Crippen molar-refractivity contribution >= 4 is 0 Å². The summed E-state index contributed by atoms with van der Waals surface area (Å²) in [7, 11) is 0. The summed E-state index contributed by atoms with van der Waals surface area (Å²) in [5.41, 5.74) is 0.522. The Labute approximate surface area is 82.5 Å². The summed E-state index contributed by atoms with van der Waals surface area (Å²) in [6, 6.07) is 0. The first-order valence-corrected chi connectivity index (χ1v) is 5.80. The maximum atomic E-state index is 2.68. The highest BCUT2D eigenvalue weighted by Crippen LogP contribution is 2.41. The van der Waals surface area contributed by atoms with Gasteiger partial charge in [0.2, 0.25) is 0 Å². The molecule has 2 bridgehead atoms. The van der Waals surface area contributed by atoms with Crippen LogP contribution in [0.25, 0.3) is 0 Å². The lowest BCUT2D eigenvalue weighted by atomic mass is 9.69. The lowest BCUT2D eigenvalue weighted by Gasteiger charge is -2.42. The average molecular weight is 181 g/mol. The lowest BCUT2D eigenvalue weighted by Crippen LogP contribution is -2.43. The van der Waals surface area contributed by atoms with E-state index >= 15 is 0 Å². The summed E-state index contributed by atoms with van der Waals surface area (Å²) in [4.78, 5) is 2.68. The molecule has 0 amide bonds. The van der Waals surface area contributed by atoms with Gasteiger partial charge in [-0.2, -0.15) is 0 Å². The molecular weight excluding hydrogens is 158 g/mol. The van der Waals surface area contributed by atoms with Gasteiger partial charge in [-0.1, -0.05) is 20.8 Å². The second-order valence-corrected chi connectivity index (χ2v) is 5.96. The maximum Gasteiger partial charge on any atom is 0.00173 e. The molecule has 0 radical (unpaired) electrons. The zero-order valence-electron chi connectivity index (χ0n) is 9.34. The van der Waals surface area contributed by atoms with Crippen molar-refractivity contribution in [3.63, 3.8) is 0 Å². The molecule has 0 aliphatic carbocycles. The van der Waals surface area contributed by atoms with Crippen LogP contribution in [0, 0.1) is 17.3 Å². The average Bonchev–Trinajstić information content (AvgIpc) is 2.35. The molecule has 0 aromatic rings. The van der Waals surface area contributed by atoms with Crippen LogP contribution in [-0.4, -0.2) is 24.5 Å². The number of hydrogen-bond acceptors (Lipinski definition) is 1. The Morgan fingerprint density at radius 2 is 1.85 bits per heavy atom. The molecule has 0 spiro atoms. The number of hydrogen-bond donors (Lipinski definition) is 0. The van der Waals surface area contributed by atoms with Crippen LogP contribution >= 0.6 is 0 Å². The third-order valence-electron chi connectivity index (χ3n) is 4.00. The van der Waals surface area contributed by atoms with Crippen LogP contribution < -0.4 is 0 Å². The molecule has 0 aromatic carbocycles. The van der Waals surface area contributed by atoms with Gasteiger partial charge in [-0.05, 0) is 49.6 Å². The third-order valence-corrected chi connectivity index (χ3v) is 4.00. The molecule has 3 rings (SSSR count). The van der Waals surface area contributed by atoms with Gasteiger partial charge in [0.1, 0.15) is 0 Å². The van der Waals surface area contributed by atoms with Crippen molar-refractivity contribution in [2.45, 2.75) is 40.0 Å². The van der Waals surface area contributed by atoms with Crippen LogP contribution in [0.3, 0.4) is 0 Å². The van der Waals surface area contributed by atoms with Gasteiger partial charge in [-0.25, -0.2) is 0 Å². The summed E-state index contributed by atoms with van der Waals surface area (Å²) in [6.07, 6.45) is 4.39. The van der Waals surface area contributed by atoms with Gasteiger partial charge in [0.15, 0.2) is 0 Å². The quantitative estimate of drug-likeness (QED) is 0.555. The van der Waals surface area contributed by atoms with Crippen LogP contribution in [0.1, 0.15) is 40.0 Å². The van der Waals surface area contributed by atoms with Crippen molar-refractivity contribution in [1.82, 2.24) is 4.90 Å². The van der Waals surface area contributed by atoms with E-state index in [0.717, 1.165) is 11.8 Å². The Morgan fingerprint density at radius 1 is 1.08 bits per heavy atom. The fraction of sp³-hybridized carbons (Fsp3) is 1.00. The Hall–Kier alpha value is -0.0400. The summed E-state index contributed by atoms with van der Waals surface area (Å²) in [5.74, 6) is 1.97. The smallest absolute Gasteiger partial charge is 0.00173 e. The van der Waals surface area contributed by atoms with E-state index in [-0.39, 0.29) is 0 Å². The number of piperidine rings is 1. The maximum absolute atomic E-state index is 2.68. The molecule has 3 unspecified atom stereocenters. The first kappa shape index (κ1) is 9.51. The SMILES string of the molecule is CC(C)(C)C1CN2CCCC1CC2. The largest absolute Gasteiger partial charge is 0.303 e. The van der Waals surface area contributed by atoms with Crippen LogP contribution in [0.2, 0.25) is 0 Å². The van der Waals surface area contributed by atoms with Crippen molar-refractivity contribution in [2.75, 3.05) is 19.6 Å². The van der Waals surface area contributed by atoms with E-state index in [1.54, 1.807) is 0 Å². The minimum atomic E-state index is 0.522. The van der Waals surface area contributed by atoms with E-state index in [1.807, 2.05) is 0 Å². The van der Waals surface area contributed by atoms with Crippen molar-refractivity contribution in [2.24, 2.45) is 17.3 Å². The number of fused-ring (bicyclic) bond motifs is 4. The van der Waals surface area contributed by atoms with Gasteiger partial charge >= 0.3 is 0 Å². The van der Waals surface area contributed by atoms with Gasteiger partial charge in [0.05, 0.1) is 0 Å². The summed E-state index contributed by atoms with van der Waals surface area (Å²) >= 11 is 0. The summed E-state index contributed by atoms with van der Waals surface area (Å²) in [5, 5.41) is 0. The molecule has 13 heavy (non-hydrogen) atoms. The molecule has 3 fully saturated rings. The van der Waals surface area contributed by atoms with E-state index in [0.29, 0.717) is 5.41 Å². The van der Waals surface area contributed by atoms with E-state index in [9.17, 15) is 0 Å². The molecule has 3 heterocycles. The molecule has 3 atom stereocenters. The van der Waals surface area contributed by atoms with Crippen LogP contribution in [0.5, 0.6) is 0 Å². The topological polar surface area (TPSA) is 3.24 Å². The highest BCUT2D eigenvalue weighted by molar-refractivity contribution is 4.89. The molecule has 3 saturated heterocycles. The zero-order valence-corrected chi connectivity index (χ0v) is 9.34. The minimum absolute atomic E-state index is 0.522. The monoisotopic (exact) mass is 181 g/mol. The van der Waals surface area contributed by atoms with Crippen molar-refractivity contribution < 1.29 is 0 Å². The first-order valence-electron chi connectivity index (χ1n) is 5.80. The van der Waals surface area contributed by atoms with Gasteiger partial charge < -0.3 is 4.90 Å². The molecule has 0 saturated carbocycles. The van der Waals surface area contributed by atoms with Crippen molar-refractivity contribution in [1.29, 1.82) is 0 Å². The number of rotatable bonds is 0. The second kappa shape index (κ2) is 3.27.